The Bertz CT molecular complexity index is 477. The summed E-state index contributed by atoms with van der Waals surface area (Å²) in [7, 11) is 0. The van der Waals surface area contributed by atoms with Crippen molar-refractivity contribution < 1.29 is 9.59 Å². The summed E-state index contributed by atoms with van der Waals surface area (Å²) in [6.07, 6.45) is 1.66. The van der Waals surface area contributed by atoms with Crippen molar-refractivity contribution in [2.75, 3.05) is 13.1 Å². The first-order chi connectivity index (χ1) is 9.06. The minimum atomic E-state index is -0.0232. The van der Waals surface area contributed by atoms with Gasteiger partial charge in [0.1, 0.15) is 0 Å². The average molecular weight is 260 g/mol. The third-order valence-electron chi connectivity index (χ3n) is 3.56. The number of piperidine rings is 1. The van der Waals surface area contributed by atoms with E-state index < -0.39 is 0 Å². The first-order valence-corrected chi connectivity index (χ1v) is 6.69. The van der Waals surface area contributed by atoms with E-state index in [2.05, 4.69) is 5.32 Å². The molecule has 1 saturated heterocycles. The van der Waals surface area contributed by atoms with Crippen LogP contribution in [0.3, 0.4) is 0 Å². The molecule has 0 atom stereocenters. The molecule has 0 aliphatic carbocycles. The number of nitrogens with zero attached hydrogens (tertiary/aromatic N) is 1. The molecule has 0 saturated carbocycles. The fraction of sp³-hybridized carbons (Fsp3) is 0.467. The number of carbonyl (C=O) groups excluding carboxylic acids is 2. The lowest BCUT2D eigenvalue weighted by molar-refractivity contribution is -0.129. The SMILES string of the molecule is CC(=O)N1CCC(NC(=O)c2cccc(C)c2)CC1. The number of carbonyl (C=O) groups is 2. The van der Waals surface area contributed by atoms with Crippen LogP contribution in [-0.4, -0.2) is 35.8 Å². The van der Waals surface area contributed by atoms with Crippen molar-refractivity contribution in [2.45, 2.75) is 32.7 Å². The Labute approximate surface area is 113 Å². The van der Waals surface area contributed by atoms with E-state index in [9.17, 15) is 9.59 Å². The van der Waals surface area contributed by atoms with Gasteiger partial charge in [0, 0.05) is 31.6 Å². The highest BCUT2D eigenvalue weighted by atomic mass is 16.2. The minimum absolute atomic E-state index is 0.0232. The number of benzene rings is 1. The third kappa shape index (κ3) is 3.56. The molecule has 1 aliphatic rings. The Kier molecular flexibility index (Phi) is 4.20. The Morgan fingerprint density at radius 3 is 2.53 bits per heavy atom. The first-order valence-electron chi connectivity index (χ1n) is 6.69. The van der Waals surface area contributed by atoms with E-state index in [1.54, 1.807) is 6.92 Å². The zero-order chi connectivity index (χ0) is 13.8. The van der Waals surface area contributed by atoms with E-state index in [1.807, 2.05) is 36.1 Å². The van der Waals surface area contributed by atoms with Gasteiger partial charge in [0.25, 0.3) is 5.91 Å². The van der Waals surface area contributed by atoms with Crippen LogP contribution in [-0.2, 0) is 4.79 Å². The Hall–Kier alpha value is -1.84. The lowest BCUT2D eigenvalue weighted by Crippen LogP contribution is -2.46. The molecule has 2 amide bonds. The lowest BCUT2D eigenvalue weighted by atomic mass is 10.0. The van der Waals surface area contributed by atoms with Gasteiger partial charge in [-0.1, -0.05) is 17.7 Å². The standard InChI is InChI=1S/C15H20N2O2/c1-11-4-3-5-13(10-11)15(19)16-14-6-8-17(9-7-14)12(2)18/h3-5,10,14H,6-9H2,1-2H3,(H,16,19). The van der Waals surface area contributed by atoms with Crippen molar-refractivity contribution in [1.82, 2.24) is 10.2 Å². The average Bonchev–Trinajstić information content (AvgIpc) is 2.39. The Morgan fingerprint density at radius 1 is 1.26 bits per heavy atom. The predicted octanol–water partition coefficient (Wildman–Crippen LogP) is 1.74. The maximum atomic E-state index is 12.1. The molecule has 0 bridgehead atoms. The van der Waals surface area contributed by atoms with Gasteiger partial charge in [-0.25, -0.2) is 0 Å². The second-order valence-electron chi connectivity index (χ2n) is 5.12. The van der Waals surface area contributed by atoms with Crippen LogP contribution in [0.5, 0.6) is 0 Å². The summed E-state index contributed by atoms with van der Waals surface area (Å²) in [6.45, 7) is 5.02. The minimum Gasteiger partial charge on any atom is -0.349 e. The summed E-state index contributed by atoms with van der Waals surface area (Å²) in [5, 5.41) is 3.04. The molecule has 1 N–H and O–H groups in total. The quantitative estimate of drug-likeness (QED) is 0.880. The van der Waals surface area contributed by atoms with Crippen LogP contribution >= 0.6 is 0 Å². The van der Waals surface area contributed by atoms with E-state index in [0.717, 1.165) is 31.5 Å². The number of nitrogens with one attached hydrogen (secondary N) is 1. The topological polar surface area (TPSA) is 49.4 Å². The van der Waals surface area contributed by atoms with Gasteiger partial charge >= 0.3 is 0 Å². The number of likely N-dealkylation sites (tertiary alicyclic amines) is 1. The largest absolute Gasteiger partial charge is 0.349 e. The van der Waals surface area contributed by atoms with Gasteiger partial charge in [-0.2, -0.15) is 0 Å². The fourth-order valence-electron chi connectivity index (χ4n) is 2.39. The second-order valence-corrected chi connectivity index (χ2v) is 5.12. The fourth-order valence-corrected chi connectivity index (χ4v) is 2.39. The highest BCUT2D eigenvalue weighted by Gasteiger charge is 2.22. The summed E-state index contributed by atoms with van der Waals surface area (Å²) < 4.78 is 0. The first kappa shape index (κ1) is 13.6. The molecule has 102 valence electrons. The van der Waals surface area contributed by atoms with Gasteiger partial charge in [0.2, 0.25) is 5.91 Å². The van der Waals surface area contributed by atoms with E-state index >= 15 is 0 Å². The van der Waals surface area contributed by atoms with Crippen LogP contribution < -0.4 is 5.32 Å². The molecule has 1 heterocycles. The van der Waals surface area contributed by atoms with Crippen molar-refractivity contribution in [3.05, 3.63) is 35.4 Å². The van der Waals surface area contributed by atoms with Crippen LogP contribution in [0.2, 0.25) is 0 Å². The molecule has 1 aromatic carbocycles. The molecule has 1 aliphatic heterocycles. The smallest absolute Gasteiger partial charge is 0.251 e. The highest BCUT2D eigenvalue weighted by Crippen LogP contribution is 2.12. The van der Waals surface area contributed by atoms with Crippen LogP contribution in [0.4, 0.5) is 0 Å². The third-order valence-corrected chi connectivity index (χ3v) is 3.56. The van der Waals surface area contributed by atoms with Crippen LogP contribution in [0, 0.1) is 6.92 Å². The zero-order valence-electron chi connectivity index (χ0n) is 11.5. The molecule has 0 radical (unpaired) electrons. The predicted molar refractivity (Wildman–Crippen MR) is 73.9 cm³/mol. The maximum absolute atomic E-state index is 12.1. The normalized spacial score (nSPS) is 16.2. The maximum Gasteiger partial charge on any atom is 0.251 e. The van der Waals surface area contributed by atoms with Crippen LogP contribution in [0.1, 0.15) is 35.7 Å². The second kappa shape index (κ2) is 5.87. The number of amides is 2. The molecule has 0 spiro atoms. The van der Waals surface area contributed by atoms with Crippen LogP contribution in [0.25, 0.3) is 0 Å². The van der Waals surface area contributed by atoms with E-state index in [1.165, 1.54) is 0 Å². The van der Waals surface area contributed by atoms with Gasteiger partial charge in [-0.3, -0.25) is 9.59 Å². The molecule has 0 aromatic heterocycles. The lowest BCUT2D eigenvalue weighted by Gasteiger charge is -2.31. The van der Waals surface area contributed by atoms with Gasteiger partial charge < -0.3 is 10.2 Å². The molecule has 1 fully saturated rings. The van der Waals surface area contributed by atoms with Gasteiger partial charge in [-0.15, -0.1) is 0 Å². The van der Waals surface area contributed by atoms with E-state index in [0.29, 0.717) is 5.56 Å². The van der Waals surface area contributed by atoms with Crippen molar-refractivity contribution in [3.8, 4) is 0 Å². The molecule has 4 heteroatoms. The van der Waals surface area contributed by atoms with Gasteiger partial charge in [-0.05, 0) is 31.9 Å². The van der Waals surface area contributed by atoms with E-state index in [4.69, 9.17) is 0 Å². The van der Waals surface area contributed by atoms with Gasteiger partial charge in [0.05, 0.1) is 0 Å². The summed E-state index contributed by atoms with van der Waals surface area (Å²) in [5.74, 6) is 0.0911. The molecule has 2 rings (SSSR count). The zero-order valence-corrected chi connectivity index (χ0v) is 11.5. The summed E-state index contributed by atoms with van der Waals surface area (Å²) in [6, 6.07) is 7.75. The van der Waals surface area contributed by atoms with Crippen molar-refractivity contribution >= 4 is 11.8 Å². The number of rotatable bonds is 2. The molecular formula is C15H20N2O2. The molecule has 1 aromatic rings. The van der Waals surface area contributed by atoms with Crippen LogP contribution in [0.15, 0.2) is 24.3 Å². The molecule has 19 heavy (non-hydrogen) atoms. The van der Waals surface area contributed by atoms with Crippen molar-refractivity contribution in [2.24, 2.45) is 0 Å². The summed E-state index contributed by atoms with van der Waals surface area (Å²) >= 11 is 0. The summed E-state index contributed by atoms with van der Waals surface area (Å²) in [4.78, 5) is 25.1. The van der Waals surface area contributed by atoms with Crippen molar-refractivity contribution in [3.63, 3.8) is 0 Å². The summed E-state index contributed by atoms with van der Waals surface area (Å²) in [5.41, 5.74) is 1.79. The Balaban J connectivity index is 1.89. The highest BCUT2D eigenvalue weighted by molar-refractivity contribution is 5.94. The Morgan fingerprint density at radius 2 is 1.95 bits per heavy atom. The number of hydrogen-bond donors (Lipinski definition) is 1. The number of aryl methyl sites for hydroxylation is 1. The van der Waals surface area contributed by atoms with Crippen molar-refractivity contribution in [1.29, 1.82) is 0 Å². The van der Waals surface area contributed by atoms with Gasteiger partial charge in [0.15, 0.2) is 0 Å². The molecule has 4 nitrogen and oxygen atoms in total. The molecule has 0 unspecified atom stereocenters. The number of hydrogen-bond acceptors (Lipinski definition) is 2. The van der Waals surface area contributed by atoms with E-state index in [-0.39, 0.29) is 17.9 Å². The monoisotopic (exact) mass is 260 g/mol. The molecular weight excluding hydrogens is 240 g/mol.